The molecule has 6 aromatic carbocycles. The van der Waals surface area contributed by atoms with E-state index in [0.29, 0.717) is 22.2 Å². The smallest absolute Gasteiger partial charge is 0.355 e. The number of benzene rings is 6. The van der Waals surface area contributed by atoms with Crippen molar-refractivity contribution in [2.75, 3.05) is 31.4 Å². The van der Waals surface area contributed by atoms with Crippen molar-refractivity contribution >= 4 is 110 Å². The molecule has 0 fully saturated rings. The number of nitro groups is 1. The summed E-state index contributed by atoms with van der Waals surface area (Å²) in [6.07, 6.45) is 0. The van der Waals surface area contributed by atoms with Crippen LogP contribution in [0, 0.1) is 10.1 Å². The van der Waals surface area contributed by atoms with Crippen molar-refractivity contribution in [3.8, 4) is 28.6 Å². The van der Waals surface area contributed by atoms with Gasteiger partial charge in [0.25, 0.3) is 41.9 Å². The molecule has 30 nitrogen and oxygen atoms in total. The monoisotopic (exact) mass is 1100 g/mol. The number of hydrazone groups is 1. The van der Waals surface area contributed by atoms with E-state index in [1.54, 1.807) is 0 Å². The number of imidazole rings is 1. The number of aromatic amines is 1. The van der Waals surface area contributed by atoms with Crippen LogP contribution >= 0.6 is 0 Å². The van der Waals surface area contributed by atoms with Crippen LogP contribution in [0.25, 0.3) is 33.2 Å². The number of fused-ring (bicyclic) bond motifs is 3. The summed E-state index contributed by atoms with van der Waals surface area (Å²) in [5, 5.41) is 79.8. The van der Waals surface area contributed by atoms with Gasteiger partial charge in [0, 0.05) is 40.6 Å². The molecule has 1 aliphatic heterocycles. The molecule has 0 saturated heterocycles. The van der Waals surface area contributed by atoms with Gasteiger partial charge in [0.05, 0.1) is 45.4 Å². The molecule has 0 saturated carbocycles. The number of carbonyl (C=O) groups excluding carboxylic acids is 1. The fourth-order valence-corrected chi connectivity index (χ4v) is 8.91. The van der Waals surface area contributed by atoms with Gasteiger partial charge in [-0.15, -0.1) is 20.5 Å². The molecule has 1 aliphatic rings. The Balaban J connectivity index is 1.10. The largest absolute Gasteiger partial charge is 0.505 e. The zero-order valence-electron chi connectivity index (χ0n) is 37.9. The Labute approximate surface area is 425 Å². The van der Waals surface area contributed by atoms with E-state index in [-0.39, 0.29) is 63.0 Å². The number of aliphatic hydroxyl groups is 2. The standard InChI is InChI=1S/C43H33N11O19S3/c55-13-15-72-32-20-31(33(73-16-14-56)19-30(32)48-47-28-11-7-24(54(61)62)17-34(28)75(66,67)68)49-50-37-35(76(69,70)71)18-27-26(40(37)57)10-12-29-36(27)45-41(44-29)21-1-3-22(4-2-21)46-51-38-39(43(59)60)52-53(42(38)58)23-5-8-25(9-6-23)74(63,64)65/h1-12,17-20,38,55-57H,13-16H2,(H,44,45)(H,59,60)(H,63,64,65)(H,66,67,68)(H,69,70,71). The SMILES string of the molecule is O=C(O)C1=NN(c2ccc(S(=O)(=O)O)cc2)C(=O)C1N=Nc1ccc(-c2nc3c(ccc4c(O)c(N=Nc5cc(OCCO)c(N=Nc6ccc([N+](=O)[O-])cc6S(=O)(=O)O)cc5OCCO)c(S(=O)(=O)O)cc43)[nH]2)cc1. The highest BCUT2D eigenvalue weighted by atomic mass is 32.2. The molecule has 7 aromatic rings. The van der Waals surface area contributed by atoms with Gasteiger partial charge in [0.2, 0.25) is 6.04 Å². The van der Waals surface area contributed by atoms with E-state index in [4.69, 9.17) is 9.47 Å². The first kappa shape index (κ1) is 53.2. The number of azo groups is 3. The number of amides is 1. The molecule has 2 heterocycles. The highest BCUT2D eigenvalue weighted by molar-refractivity contribution is 7.86. The predicted molar refractivity (Wildman–Crippen MR) is 260 cm³/mol. The van der Waals surface area contributed by atoms with Crippen molar-refractivity contribution in [1.29, 1.82) is 0 Å². The molecule has 0 spiro atoms. The second-order valence-electron chi connectivity index (χ2n) is 15.5. The number of anilines is 1. The molecule has 0 bridgehead atoms. The average Bonchev–Trinajstić information content (AvgIpc) is 3.99. The molecular weight excluding hydrogens is 1070 g/mol. The Morgan fingerprint density at radius 3 is 1.89 bits per heavy atom. The number of phenols is 1. The molecule has 1 amide bonds. The first-order chi connectivity index (χ1) is 36.0. The molecule has 1 aromatic heterocycles. The summed E-state index contributed by atoms with van der Waals surface area (Å²) >= 11 is 0. The minimum atomic E-state index is -5.23. The molecule has 1 unspecified atom stereocenters. The van der Waals surface area contributed by atoms with Crippen LogP contribution in [0.1, 0.15) is 0 Å². The van der Waals surface area contributed by atoms with Gasteiger partial charge in [-0.2, -0.15) is 45.6 Å². The van der Waals surface area contributed by atoms with Crippen LogP contribution in [0.4, 0.5) is 39.8 Å². The number of nitrogens with zero attached hydrogens (tertiary/aromatic N) is 10. The van der Waals surface area contributed by atoms with Gasteiger partial charge in [-0.25, -0.2) is 9.78 Å². The minimum Gasteiger partial charge on any atom is -0.505 e. The number of non-ortho nitro benzene ring substituents is 1. The van der Waals surface area contributed by atoms with E-state index >= 15 is 0 Å². The quantitative estimate of drug-likeness (QED) is 0.0192. The number of H-pyrrole nitrogens is 1. The summed E-state index contributed by atoms with van der Waals surface area (Å²) in [5.74, 6) is -3.63. The summed E-state index contributed by atoms with van der Waals surface area (Å²) < 4.78 is 114. The number of aromatic nitrogens is 2. The Hall–Kier alpha value is -9.09. The fraction of sp³-hybridized carbons (Fsp3) is 0.116. The third kappa shape index (κ3) is 11.2. The lowest BCUT2D eigenvalue weighted by atomic mass is 10.1. The van der Waals surface area contributed by atoms with Gasteiger partial charge in [0.1, 0.15) is 63.1 Å². The summed E-state index contributed by atoms with van der Waals surface area (Å²) in [4.78, 5) is 40.8. The van der Waals surface area contributed by atoms with Crippen molar-refractivity contribution in [2.45, 2.75) is 20.7 Å². The summed E-state index contributed by atoms with van der Waals surface area (Å²) in [6, 6.07) is 16.8. The van der Waals surface area contributed by atoms with Crippen LogP contribution in [0.15, 0.2) is 148 Å². The lowest BCUT2D eigenvalue weighted by Crippen LogP contribution is -2.33. The molecule has 76 heavy (non-hydrogen) atoms. The van der Waals surface area contributed by atoms with Crippen LogP contribution in [0.3, 0.4) is 0 Å². The third-order valence-corrected chi connectivity index (χ3v) is 13.2. The van der Waals surface area contributed by atoms with Crippen LogP contribution in [-0.2, 0) is 39.9 Å². The van der Waals surface area contributed by atoms with Crippen LogP contribution in [-0.4, -0.2) is 124 Å². The normalized spacial score (nSPS) is 14.4. The summed E-state index contributed by atoms with van der Waals surface area (Å²) in [6.45, 7) is -1.88. The van der Waals surface area contributed by atoms with E-state index in [1.165, 1.54) is 36.4 Å². The number of aliphatic hydroxyl groups excluding tert-OH is 2. The molecule has 33 heteroatoms. The Morgan fingerprint density at radius 2 is 1.33 bits per heavy atom. The number of nitro benzene ring substituents is 1. The number of ether oxygens (including phenoxy) is 2. The molecular formula is C43H33N11O19S3. The van der Waals surface area contributed by atoms with Crippen molar-refractivity contribution in [2.24, 2.45) is 35.8 Å². The van der Waals surface area contributed by atoms with E-state index in [1.807, 2.05) is 0 Å². The van der Waals surface area contributed by atoms with Crippen molar-refractivity contribution in [3.05, 3.63) is 107 Å². The number of nitrogens with one attached hydrogen (secondary N) is 1. The number of rotatable bonds is 19. The number of carboxylic acids is 1. The Bertz CT molecular complexity index is 4000. The van der Waals surface area contributed by atoms with E-state index in [2.05, 4.69) is 45.8 Å². The van der Waals surface area contributed by atoms with Gasteiger partial charge in [0.15, 0.2) is 11.5 Å². The number of phenolic OH excluding ortho intramolecular Hbond substituents is 1. The zero-order valence-corrected chi connectivity index (χ0v) is 40.3. The van der Waals surface area contributed by atoms with Crippen molar-refractivity contribution in [3.63, 3.8) is 0 Å². The molecule has 1 atom stereocenters. The van der Waals surface area contributed by atoms with Gasteiger partial charge >= 0.3 is 5.97 Å². The topological polar surface area (TPSA) is 458 Å². The lowest BCUT2D eigenvalue weighted by Gasteiger charge is -2.13. The Kier molecular flexibility index (Phi) is 14.7. The third-order valence-electron chi connectivity index (χ3n) is 10.6. The molecule has 0 aliphatic carbocycles. The lowest BCUT2D eigenvalue weighted by molar-refractivity contribution is -0.385. The molecule has 8 N–H and O–H groups in total. The predicted octanol–water partition coefficient (Wildman–Crippen LogP) is 6.25. The molecule has 8 rings (SSSR count). The number of hydrogen-bond acceptors (Lipinski definition) is 23. The summed E-state index contributed by atoms with van der Waals surface area (Å²) in [7, 11) is -14.9. The molecule has 392 valence electrons. The van der Waals surface area contributed by atoms with Crippen molar-refractivity contribution < 1.29 is 83.3 Å². The highest BCUT2D eigenvalue weighted by Gasteiger charge is 2.41. The second kappa shape index (κ2) is 21.0. The average molecular weight is 1100 g/mol. The van der Waals surface area contributed by atoms with Gasteiger partial charge in [-0.1, -0.05) is 0 Å². The first-order valence-electron chi connectivity index (χ1n) is 21.1. The minimum absolute atomic E-state index is 0.00147. The maximum Gasteiger partial charge on any atom is 0.355 e. The molecule has 0 radical (unpaired) electrons. The second-order valence-corrected chi connectivity index (χ2v) is 19.7. The number of carbonyl (C=O) groups is 2. The van der Waals surface area contributed by atoms with Gasteiger partial charge in [-0.05, 0) is 72.8 Å². The van der Waals surface area contributed by atoms with Gasteiger partial charge in [-0.3, -0.25) is 28.6 Å². The number of hydrogen-bond donors (Lipinski definition) is 8. The maximum absolute atomic E-state index is 13.2. The Morgan fingerprint density at radius 1 is 0.724 bits per heavy atom. The highest BCUT2D eigenvalue weighted by Crippen LogP contribution is 2.46. The summed E-state index contributed by atoms with van der Waals surface area (Å²) in [5.41, 5.74) is -2.31. The van der Waals surface area contributed by atoms with E-state index < -0.39 is 116 Å². The van der Waals surface area contributed by atoms with E-state index in [9.17, 15) is 79.0 Å². The van der Waals surface area contributed by atoms with Crippen LogP contribution in [0.2, 0.25) is 0 Å². The van der Waals surface area contributed by atoms with Crippen molar-refractivity contribution in [1.82, 2.24) is 9.97 Å². The van der Waals surface area contributed by atoms with Crippen LogP contribution < -0.4 is 14.5 Å². The fourth-order valence-electron chi connectivity index (χ4n) is 7.14. The van der Waals surface area contributed by atoms with Crippen LogP contribution in [0.5, 0.6) is 17.2 Å². The number of carboxylic acid groups (broad SMARTS) is 1. The van der Waals surface area contributed by atoms with Gasteiger partial charge < -0.3 is 34.9 Å². The van der Waals surface area contributed by atoms with E-state index in [0.717, 1.165) is 54.6 Å². The first-order valence-corrected chi connectivity index (χ1v) is 25.4. The number of aromatic hydroxyl groups is 1. The zero-order chi connectivity index (χ0) is 54.9. The number of aliphatic carboxylic acids is 1. The maximum atomic E-state index is 13.2.